The lowest BCUT2D eigenvalue weighted by atomic mass is 9.96. The Hall–Kier alpha value is -3.39. The zero-order valence-electron chi connectivity index (χ0n) is 21.9. The largest absolute Gasteiger partial charge is 0.490 e. The number of anilines is 1. The molecule has 7 nitrogen and oxygen atoms in total. The van der Waals surface area contributed by atoms with Crippen LogP contribution in [0.25, 0.3) is 0 Å². The molecule has 38 heavy (non-hydrogen) atoms. The minimum absolute atomic E-state index is 0.0301. The number of hydrogen-bond donors (Lipinski definition) is 1. The van der Waals surface area contributed by atoms with Gasteiger partial charge in [-0.2, -0.15) is 0 Å². The number of nitrogens with one attached hydrogen (secondary N) is 1. The molecule has 2 aromatic carbocycles. The summed E-state index contributed by atoms with van der Waals surface area (Å²) < 4.78 is 30.0. The molecule has 0 saturated heterocycles. The Bertz CT molecular complexity index is 1370. The molecule has 0 atom stereocenters. The number of sulfone groups is 1. The summed E-state index contributed by atoms with van der Waals surface area (Å²) in [6.07, 6.45) is 8.46. The zero-order chi connectivity index (χ0) is 26.5. The van der Waals surface area contributed by atoms with Crippen LogP contribution in [0, 0.1) is 0 Å². The molecule has 2 heterocycles. The van der Waals surface area contributed by atoms with Crippen molar-refractivity contribution in [2.45, 2.75) is 63.0 Å². The molecule has 1 N–H and O–H groups in total. The van der Waals surface area contributed by atoms with Gasteiger partial charge < -0.3 is 15.0 Å². The molecule has 0 radical (unpaired) electrons. The molecule has 5 rings (SSSR count). The number of aromatic nitrogens is 1. The number of aryl methyl sites for hydroxylation is 1. The highest BCUT2D eigenvalue weighted by molar-refractivity contribution is 7.91. The summed E-state index contributed by atoms with van der Waals surface area (Å²) in [4.78, 5) is 19.5. The van der Waals surface area contributed by atoms with E-state index in [9.17, 15) is 13.2 Å². The van der Waals surface area contributed by atoms with Gasteiger partial charge in [-0.15, -0.1) is 0 Å². The second-order valence-corrected chi connectivity index (χ2v) is 12.3. The standard InChI is InChI=1S/C30H35N3O4S/c1-2-38(35,36)28-15-13-25(31-21-28)20-32-30(34)24-10-8-22(9-11-24)16-18-33-17-4-5-23-12-14-27(19-29(23)33)37-26-6-3-7-26/h8-15,19,21,26H,2-7,16-18,20H2,1H3,(H,32,34). The van der Waals surface area contributed by atoms with Crippen molar-refractivity contribution in [2.24, 2.45) is 0 Å². The van der Waals surface area contributed by atoms with E-state index in [2.05, 4.69) is 33.4 Å². The maximum atomic E-state index is 12.6. The van der Waals surface area contributed by atoms with Crippen LogP contribution in [0.2, 0.25) is 0 Å². The Morgan fingerprint density at radius 3 is 2.58 bits per heavy atom. The number of hydrogen-bond acceptors (Lipinski definition) is 6. The van der Waals surface area contributed by atoms with Crippen molar-refractivity contribution in [1.82, 2.24) is 10.3 Å². The van der Waals surface area contributed by atoms with Gasteiger partial charge in [0, 0.05) is 36.6 Å². The molecule has 1 aliphatic heterocycles. The first-order valence-corrected chi connectivity index (χ1v) is 15.2. The molecule has 0 spiro atoms. The Balaban J connectivity index is 1.14. The third-order valence-electron chi connectivity index (χ3n) is 7.48. The summed E-state index contributed by atoms with van der Waals surface area (Å²) >= 11 is 0. The van der Waals surface area contributed by atoms with Gasteiger partial charge in [0.05, 0.1) is 29.0 Å². The third-order valence-corrected chi connectivity index (χ3v) is 9.20. The molecule has 3 aromatic rings. The lowest BCUT2D eigenvalue weighted by Crippen LogP contribution is -2.31. The molecule has 1 fully saturated rings. The first-order chi connectivity index (χ1) is 18.4. The predicted octanol–water partition coefficient (Wildman–Crippen LogP) is 4.73. The first kappa shape index (κ1) is 26.2. The minimum Gasteiger partial charge on any atom is -0.490 e. The molecule has 1 amide bonds. The number of carbonyl (C=O) groups is 1. The normalized spacial score (nSPS) is 15.4. The van der Waals surface area contributed by atoms with Gasteiger partial charge in [-0.25, -0.2) is 8.42 Å². The first-order valence-electron chi connectivity index (χ1n) is 13.5. The molecule has 1 aliphatic carbocycles. The highest BCUT2D eigenvalue weighted by Gasteiger charge is 2.22. The average Bonchev–Trinajstić information content (AvgIpc) is 2.93. The molecule has 0 bridgehead atoms. The van der Waals surface area contributed by atoms with Gasteiger partial charge in [0.25, 0.3) is 5.91 Å². The smallest absolute Gasteiger partial charge is 0.251 e. The van der Waals surface area contributed by atoms with Crippen LogP contribution in [0.15, 0.2) is 65.7 Å². The lowest BCUT2D eigenvalue weighted by molar-refractivity contribution is 0.0950. The minimum atomic E-state index is -3.28. The number of pyridine rings is 1. The monoisotopic (exact) mass is 533 g/mol. The summed E-state index contributed by atoms with van der Waals surface area (Å²) in [7, 11) is -3.28. The highest BCUT2D eigenvalue weighted by atomic mass is 32.2. The van der Waals surface area contributed by atoms with Crippen LogP contribution in [-0.2, 0) is 29.2 Å². The van der Waals surface area contributed by atoms with E-state index in [0.717, 1.165) is 50.9 Å². The Kier molecular flexibility index (Phi) is 7.98. The molecule has 1 saturated carbocycles. The van der Waals surface area contributed by atoms with E-state index in [1.165, 1.54) is 35.5 Å². The quantitative estimate of drug-likeness (QED) is 0.405. The van der Waals surface area contributed by atoms with Gasteiger partial charge >= 0.3 is 0 Å². The fraction of sp³-hybridized carbons (Fsp3) is 0.400. The second-order valence-electron chi connectivity index (χ2n) is 10.1. The zero-order valence-corrected chi connectivity index (χ0v) is 22.7. The van der Waals surface area contributed by atoms with Gasteiger partial charge in [0.1, 0.15) is 5.75 Å². The fourth-order valence-electron chi connectivity index (χ4n) is 4.84. The molecule has 2 aliphatic rings. The van der Waals surface area contributed by atoms with E-state index in [1.807, 2.05) is 24.3 Å². The summed E-state index contributed by atoms with van der Waals surface area (Å²) in [5.41, 5.74) is 5.05. The lowest BCUT2D eigenvalue weighted by Gasteiger charge is -2.33. The van der Waals surface area contributed by atoms with Gasteiger partial charge in [-0.1, -0.05) is 25.1 Å². The van der Waals surface area contributed by atoms with Crippen molar-refractivity contribution in [3.63, 3.8) is 0 Å². The van der Waals surface area contributed by atoms with Crippen molar-refractivity contribution >= 4 is 21.4 Å². The second kappa shape index (κ2) is 11.6. The summed E-state index contributed by atoms with van der Waals surface area (Å²) in [6, 6.07) is 17.4. The van der Waals surface area contributed by atoms with E-state index in [1.54, 1.807) is 13.0 Å². The molecular formula is C30H35N3O4S. The van der Waals surface area contributed by atoms with Gasteiger partial charge in [-0.05, 0) is 80.0 Å². The molecule has 0 unspecified atom stereocenters. The van der Waals surface area contributed by atoms with Gasteiger partial charge in [-0.3, -0.25) is 9.78 Å². The number of ether oxygens (including phenoxy) is 1. The highest BCUT2D eigenvalue weighted by Crippen LogP contribution is 2.33. The van der Waals surface area contributed by atoms with Crippen molar-refractivity contribution in [2.75, 3.05) is 23.7 Å². The number of benzene rings is 2. The van der Waals surface area contributed by atoms with Gasteiger partial charge in [0.2, 0.25) is 0 Å². The Morgan fingerprint density at radius 2 is 1.89 bits per heavy atom. The number of amides is 1. The SMILES string of the molecule is CCS(=O)(=O)c1ccc(CNC(=O)c2ccc(CCN3CCCc4ccc(OC5CCC5)cc43)cc2)nc1. The van der Waals surface area contributed by atoms with E-state index >= 15 is 0 Å². The van der Waals surface area contributed by atoms with Crippen molar-refractivity contribution in [1.29, 1.82) is 0 Å². The summed E-state index contributed by atoms with van der Waals surface area (Å²) in [6.45, 7) is 3.79. The van der Waals surface area contributed by atoms with Crippen LogP contribution in [0.3, 0.4) is 0 Å². The van der Waals surface area contributed by atoms with Crippen LogP contribution in [0.5, 0.6) is 5.75 Å². The third kappa shape index (κ3) is 6.18. The van der Waals surface area contributed by atoms with Crippen molar-refractivity contribution in [3.05, 3.63) is 83.2 Å². The van der Waals surface area contributed by atoms with Crippen LogP contribution in [0.1, 0.15) is 59.8 Å². The molecule has 200 valence electrons. The molecular weight excluding hydrogens is 498 g/mol. The number of rotatable bonds is 10. The maximum absolute atomic E-state index is 12.6. The van der Waals surface area contributed by atoms with Crippen LogP contribution in [-0.4, -0.2) is 44.3 Å². The summed E-state index contributed by atoms with van der Waals surface area (Å²) in [5, 5.41) is 2.86. The van der Waals surface area contributed by atoms with E-state index in [-0.39, 0.29) is 23.1 Å². The number of carbonyl (C=O) groups excluding carboxylic acids is 1. The van der Waals surface area contributed by atoms with Crippen molar-refractivity contribution in [3.8, 4) is 5.75 Å². The topological polar surface area (TPSA) is 88.6 Å². The van der Waals surface area contributed by atoms with E-state index in [0.29, 0.717) is 17.4 Å². The number of fused-ring (bicyclic) bond motifs is 1. The van der Waals surface area contributed by atoms with Crippen LogP contribution in [0.4, 0.5) is 5.69 Å². The predicted molar refractivity (Wildman–Crippen MR) is 149 cm³/mol. The van der Waals surface area contributed by atoms with Crippen LogP contribution >= 0.6 is 0 Å². The van der Waals surface area contributed by atoms with Gasteiger partial charge in [0.15, 0.2) is 9.84 Å². The Labute approximate surface area is 225 Å². The van der Waals surface area contributed by atoms with Crippen molar-refractivity contribution < 1.29 is 17.9 Å². The maximum Gasteiger partial charge on any atom is 0.251 e. The van der Waals surface area contributed by atoms with E-state index in [4.69, 9.17) is 4.74 Å². The van der Waals surface area contributed by atoms with Crippen LogP contribution < -0.4 is 15.0 Å². The molecule has 8 heteroatoms. The average molecular weight is 534 g/mol. The molecule has 1 aromatic heterocycles. The Morgan fingerprint density at radius 1 is 1.08 bits per heavy atom. The summed E-state index contributed by atoms with van der Waals surface area (Å²) in [5.74, 6) is 0.822. The number of nitrogens with zero attached hydrogens (tertiary/aromatic N) is 2. The fourth-order valence-corrected chi connectivity index (χ4v) is 5.66. The van der Waals surface area contributed by atoms with E-state index < -0.39 is 9.84 Å².